The Hall–Kier alpha value is -2.17. The van der Waals surface area contributed by atoms with Gasteiger partial charge >= 0.3 is 0 Å². The maximum Gasteiger partial charge on any atom is 0.279 e. The van der Waals surface area contributed by atoms with Crippen LogP contribution >= 0.6 is 22.9 Å². The second kappa shape index (κ2) is 6.75. The Labute approximate surface area is 149 Å². The predicted octanol–water partition coefficient (Wildman–Crippen LogP) is 4.90. The molecule has 1 aromatic heterocycles. The van der Waals surface area contributed by atoms with E-state index in [4.69, 9.17) is 11.6 Å². The van der Waals surface area contributed by atoms with E-state index in [0.29, 0.717) is 21.9 Å². The van der Waals surface area contributed by atoms with Crippen molar-refractivity contribution in [3.63, 3.8) is 0 Å². The molecule has 0 atom stereocenters. The van der Waals surface area contributed by atoms with Gasteiger partial charge in [-0.05, 0) is 49.2 Å². The van der Waals surface area contributed by atoms with Gasteiger partial charge < -0.3 is 4.57 Å². The number of nitrogens with zero attached hydrogens (tertiary/aromatic N) is 2. The highest BCUT2D eigenvalue weighted by atomic mass is 35.5. The number of aryl methyl sites for hydroxylation is 2. The minimum Gasteiger partial charge on any atom is -0.312 e. The summed E-state index contributed by atoms with van der Waals surface area (Å²) in [7, 11) is 0. The van der Waals surface area contributed by atoms with Gasteiger partial charge in [-0.3, -0.25) is 4.79 Å². The van der Waals surface area contributed by atoms with Gasteiger partial charge in [-0.1, -0.05) is 41.1 Å². The van der Waals surface area contributed by atoms with E-state index in [9.17, 15) is 4.79 Å². The first-order valence-electron chi connectivity index (χ1n) is 7.55. The van der Waals surface area contributed by atoms with Crippen LogP contribution in [0.3, 0.4) is 0 Å². The molecule has 3 aromatic rings. The van der Waals surface area contributed by atoms with Crippen LogP contribution in [0.5, 0.6) is 0 Å². The van der Waals surface area contributed by atoms with E-state index in [1.807, 2.05) is 10.6 Å². The molecule has 0 N–H and O–H groups in total. The summed E-state index contributed by atoms with van der Waals surface area (Å²) >= 11 is 7.49. The smallest absolute Gasteiger partial charge is 0.279 e. The van der Waals surface area contributed by atoms with E-state index in [1.54, 1.807) is 24.3 Å². The van der Waals surface area contributed by atoms with E-state index in [2.05, 4.69) is 37.6 Å². The SMILES string of the molecule is C=CCn1c(=NC(=O)c2cccc(Cl)c2)sc2c(C)cc(C)cc21. The average Bonchev–Trinajstić information content (AvgIpc) is 2.86. The summed E-state index contributed by atoms with van der Waals surface area (Å²) in [6.45, 7) is 8.56. The van der Waals surface area contributed by atoms with Crippen molar-refractivity contribution in [3.05, 3.63) is 75.6 Å². The first-order valence-corrected chi connectivity index (χ1v) is 8.75. The molecule has 3 rings (SSSR count). The van der Waals surface area contributed by atoms with Crippen molar-refractivity contribution in [2.75, 3.05) is 0 Å². The van der Waals surface area contributed by atoms with Crippen molar-refractivity contribution in [1.29, 1.82) is 0 Å². The number of benzene rings is 2. The number of hydrogen-bond acceptors (Lipinski definition) is 2. The number of halogens is 1. The summed E-state index contributed by atoms with van der Waals surface area (Å²) in [5, 5.41) is 0.526. The molecule has 5 heteroatoms. The van der Waals surface area contributed by atoms with Gasteiger partial charge in [0, 0.05) is 17.1 Å². The number of aromatic nitrogens is 1. The van der Waals surface area contributed by atoms with E-state index in [-0.39, 0.29) is 5.91 Å². The fourth-order valence-electron chi connectivity index (χ4n) is 2.68. The maximum atomic E-state index is 12.5. The number of carbonyl (C=O) groups excluding carboxylic acids is 1. The lowest BCUT2D eigenvalue weighted by Gasteiger charge is -2.03. The minimum atomic E-state index is -0.295. The number of carbonyl (C=O) groups is 1. The molecule has 2 aromatic carbocycles. The second-order valence-corrected chi connectivity index (χ2v) is 7.06. The topological polar surface area (TPSA) is 34.4 Å². The van der Waals surface area contributed by atoms with Gasteiger partial charge in [0.1, 0.15) is 0 Å². The van der Waals surface area contributed by atoms with Crippen LogP contribution < -0.4 is 4.80 Å². The van der Waals surface area contributed by atoms with Crippen molar-refractivity contribution in [2.45, 2.75) is 20.4 Å². The van der Waals surface area contributed by atoms with E-state index >= 15 is 0 Å². The number of hydrogen-bond donors (Lipinski definition) is 0. The van der Waals surface area contributed by atoms with E-state index in [1.165, 1.54) is 22.5 Å². The molecule has 0 saturated carbocycles. The average molecular weight is 357 g/mol. The lowest BCUT2D eigenvalue weighted by molar-refractivity contribution is 0.0998. The Morgan fingerprint density at radius 3 is 2.83 bits per heavy atom. The van der Waals surface area contributed by atoms with Crippen LogP contribution in [0.25, 0.3) is 10.2 Å². The van der Waals surface area contributed by atoms with Crippen molar-refractivity contribution < 1.29 is 4.79 Å². The molecular weight excluding hydrogens is 340 g/mol. The molecule has 122 valence electrons. The largest absolute Gasteiger partial charge is 0.312 e. The van der Waals surface area contributed by atoms with Gasteiger partial charge in [-0.25, -0.2) is 0 Å². The fourth-order valence-corrected chi connectivity index (χ4v) is 3.95. The monoisotopic (exact) mass is 356 g/mol. The Kier molecular flexibility index (Phi) is 4.69. The molecule has 0 spiro atoms. The third-order valence-corrected chi connectivity index (χ3v) is 5.16. The van der Waals surface area contributed by atoms with Gasteiger partial charge in [-0.15, -0.1) is 6.58 Å². The summed E-state index contributed by atoms with van der Waals surface area (Å²) in [6, 6.07) is 11.1. The molecule has 24 heavy (non-hydrogen) atoms. The van der Waals surface area contributed by atoms with Crippen LogP contribution in [-0.2, 0) is 6.54 Å². The van der Waals surface area contributed by atoms with Crippen molar-refractivity contribution >= 4 is 39.1 Å². The first-order chi connectivity index (χ1) is 11.5. The lowest BCUT2D eigenvalue weighted by atomic mass is 10.1. The number of allylic oxidation sites excluding steroid dienone is 1. The lowest BCUT2D eigenvalue weighted by Crippen LogP contribution is -2.16. The molecule has 0 fully saturated rings. The molecule has 0 radical (unpaired) electrons. The zero-order chi connectivity index (χ0) is 17.3. The van der Waals surface area contributed by atoms with Gasteiger partial charge in [-0.2, -0.15) is 4.99 Å². The number of thiazole rings is 1. The molecule has 1 amide bonds. The Balaban J connectivity index is 2.21. The van der Waals surface area contributed by atoms with Gasteiger partial charge in [0.05, 0.1) is 10.2 Å². The Morgan fingerprint density at radius 2 is 2.12 bits per heavy atom. The molecule has 0 aliphatic carbocycles. The minimum absolute atomic E-state index is 0.295. The highest BCUT2D eigenvalue weighted by Crippen LogP contribution is 2.23. The van der Waals surface area contributed by atoms with Crippen LogP contribution in [-0.4, -0.2) is 10.5 Å². The summed E-state index contributed by atoms with van der Waals surface area (Å²) in [4.78, 5) is 17.5. The standard InChI is InChI=1S/C19H17ClN2OS/c1-4-8-22-16-10-12(2)9-13(3)17(16)24-19(22)21-18(23)14-6-5-7-15(20)11-14/h4-7,9-11H,1,8H2,2-3H3. The first kappa shape index (κ1) is 16.7. The van der Waals surface area contributed by atoms with Crippen LogP contribution in [0.1, 0.15) is 21.5 Å². The maximum absolute atomic E-state index is 12.5. The van der Waals surface area contributed by atoms with Crippen molar-refractivity contribution in [2.24, 2.45) is 4.99 Å². The molecule has 1 heterocycles. The molecule has 0 bridgehead atoms. The molecule has 0 aliphatic heterocycles. The van der Waals surface area contributed by atoms with Gasteiger partial charge in [0.25, 0.3) is 5.91 Å². The molecule has 0 saturated heterocycles. The van der Waals surface area contributed by atoms with Crippen molar-refractivity contribution in [1.82, 2.24) is 4.57 Å². The second-order valence-electron chi connectivity index (χ2n) is 5.64. The Morgan fingerprint density at radius 1 is 1.33 bits per heavy atom. The highest BCUT2D eigenvalue weighted by Gasteiger charge is 2.11. The third-order valence-electron chi connectivity index (χ3n) is 3.69. The van der Waals surface area contributed by atoms with Crippen LogP contribution in [0.15, 0.2) is 54.0 Å². The summed E-state index contributed by atoms with van der Waals surface area (Å²) in [6.07, 6.45) is 1.81. The van der Waals surface area contributed by atoms with Gasteiger partial charge in [0.15, 0.2) is 4.80 Å². The van der Waals surface area contributed by atoms with Crippen molar-refractivity contribution in [3.8, 4) is 0 Å². The quantitative estimate of drug-likeness (QED) is 0.614. The molecule has 0 unspecified atom stereocenters. The number of fused-ring (bicyclic) bond motifs is 1. The molecular formula is C19H17ClN2OS. The van der Waals surface area contributed by atoms with E-state index < -0.39 is 0 Å². The highest BCUT2D eigenvalue weighted by molar-refractivity contribution is 7.16. The van der Waals surface area contributed by atoms with E-state index in [0.717, 1.165) is 10.2 Å². The summed E-state index contributed by atoms with van der Waals surface area (Å²) in [5.41, 5.74) is 3.93. The Bertz CT molecular complexity index is 1010. The third kappa shape index (κ3) is 3.21. The zero-order valence-corrected chi connectivity index (χ0v) is 15.1. The zero-order valence-electron chi connectivity index (χ0n) is 13.5. The van der Waals surface area contributed by atoms with Crippen LogP contribution in [0, 0.1) is 13.8 Å². The molecule has 3 nitrogen and oxygen atoms in total. The summed E-state index contributed by atoms with van der Waals surface area (Å²) in [5.74, 6) is -0.295. The number of rotatable bonds is 3. The normalized spacial score (nSPS) is 11.9. The molecule has 0 aliphatic rings. The van der Waals surface area contributed by atoms with Crippen LogP contribution in [0.2, 0.25) is 5.02 Å². The fraction of sp³-hybridized carbons (Fsp3) is 0.158. The predicted molar refractivity (Wildman–Crippen MR) is 101 cm³/mol. The summed E-state index contributed by atoms with van der Waals surface area (Å²) < 4.78 is 3.16. The van der Waals surface area contributed by atoms with Gasteiger partial charge in [0.2, 0.25) is 0 Å². The number of amides is 1. The van der Waals surface area contributed by atoms with Crippen LogP contribution in [0.4, 0.5) is 0 Å².